The Morgan fingerprint density at radius 2 is 1.44 bits per heavy atom. The van der Waals surface area contributed by atoms with E-state index in [1.54, 1.807) is 0 Å². The van der Waals surface area contributed by atoms with E-state index < -0.39 is 46.1 Å². The summed E-state index contributed by atoms with van der Waals surface area (Å²) in [7, 11) is -4.46. The largest absolute Gasteiger partial charge is 0.486 e. The monoisotopic (exact) mass is 677 g/mol. The van der Waals surface area contributed by atoms with Gasteiger partial charge >= 0.3 is 0 Å². The summed E-state index contributed by atoms with van der Waals surface area (Å²) in [6, 6.07) is 22.5. The lowest BCUT2D eigenvalue weighted by molar-refractivity contribution is -0.140. The molecule has 1 aliphatic heterocycles. The van der Waals surface area contributed by atoms with Crippen LogP contribution < -0.4 is 19.1 Å². The molecule has 4 aromatic rings. The number of ether oxygens (including phenoxy) is 2. The van der Waals surface area contributed by atoms with E-state index in [-0.39, 0.29) is 41.8 Å². The number of sulfonamides is 1. The second-order valence-corrected chi connectivity index (χ2v) is 13.6. The molecule has 0 saturated carbocycles. The molecule has 0 fully saturated rings. The number of nitrogens with one attached hydrogen (secondary N) is 1. The molecular weight excluding hydrogens is 640 g/mol. The molecular formula is C36H37F2N3O6S. The Morgan fingerprint density at radius 1 is 0.812 bits per heavy atom. The highest BCUT2D eigenvalue weighted by molar-refractivity contribution is 7.92. The van der Waals surface area contributed by atoms with Crippen LogP contribution >= 0.6 is 0 Å². The standard InChI is InChI=1S/C36H37F2N3O6S/c1-25(2)22-39-36(43)32(20-26-6-4-3-5-7-26)40(23-27-8-10-28(37)11-9-27)35(42)24-41(30-14-12-29(38)13-15-30)48(44,45)31-16-17-33-34(21-31)47-19-18-46-33/h3-17,21,25,32H,18-20,22-24H2,1-2H3,(H,39,43)/t32-/m1/s1. The van der Waals surface area contributed by atoms with Gasteiger partial charge in [0, 0.05) is 25.6 Å². The topological polar surface area (TPSA) is 105 Å². The highest BCUT2D eigenvalue weighted by Gasteiger charge is 2.35. The number of amides is 2. The molecule has 0 radical (unpaired) electrons. The van der Waals surface area contributed by atoms with Crippen LogP contribution in [0.3, 0.4) is 0 Å². The first-order valence-corrected chi connectivity index (χ1v) is 17.0. The molecule has 0 saturated heterocycles. The summed E-state index contributed by atoms with van der Waals surface area (Å²) in [5.74, 6) is -1.46. The van der Waals surface area contributed by atoms with Gasteiger partial charge in [0.15, 0.2) is 11.5 Å². The average molecular weight is 678 g/mol. The van der Waals surface area contributed by atoms with Crippen LogP contribution in [0.4, 0.5) is 14.5 Å². The first kappa shape index (κ1) is 34.4. The van der Waals surface area contributed by atoms with Crippen molar-refractivity contribution in [3.63, 3.8) is 0 Å². The molecule has 252 valence electrons. The molecule has 0 aliphatic carbocycles. The Labute approximate surface area is 279 Å². The molecule has 48 heavy (non-hydrogen) atoms. The van der Waals surface area contributed by atoms with Crippen molar-refractivity contribution in [1.29, 1.82) is 0 Å². The fourth-order valence-corrected chi connectivity index (χ4v) is 6.64. The molecule has 2 amide bonds. The molecule has 1 N–H and O–H groups in total. The normalized spacial score (nSPS) is 13.1. The molecule has 1 heterocycles. The van der Waals surface area contributed by atoms with Crippen LogP contribution in [0.1, 0.15) is 25.0 Å². The lowest BCUT2D eigenvalue weighted by Crippen LogP contribution is -2.53. The number of hydrogen-bond donors (Lipinski definition) is 1. The number of hydrogen-bond acceptors (Lipinski definition) is 6. The first-order chi connectivity index (χ1) is 23.0. The van der Waals surface area contributed by atoms with E-state index in [1.807, 2.05) is 44.2 Å². The maximum absolute atomic E-state index is 14.5. The summed E-state index contributed by atoms with van der Waals surface area (Å²) in [6.45, 7) is 3.93. The quantitative estimate of drug-likeness (QED) is 0.205. The average Bonchev–Trinajstić information content (AvgIpc) is 3.09. The molecule has 9 nitrogen and oxygen atoms in total. The first-order valence-electron chi connectivity index (χ1n) is 15.5. The van der Waals surface area contributed by atoms with Crippen LogP contribution in [0.2, 0.25) is 0 Å². The Bertz CT molecular complexity index is 1820. The van der Waals surface area contributed by atoms with Gasteiger partial charge in [-0.1, -0.05) is 56.3 Å². The zero-order valence-electron chi connectivity index (χ0n) is 26.6. The molecule has 0 aromatic heterocycles. The van der Waals surface area contributed by atoms with Crippen LogP contribution in [0.5, 0.6) is 11.5 Å². The predicted molar refractivity (Wildman–Crippen MR) is 177 cm³/mol. The van der Waals surface area contributed by atoms with E-state index in [2.05, 4.69) is 5.32 Å². The second-order valence-electron chi connectivity index (χ2n) is 11.8. The molecule has 0 unspecified atom stereocenters. The van der Waals surface area contributed by atoms with Crippen molar-refractivity contribution in [2.24, 2.45) is 5.92 Å². The summed E-state index contributed by atoms with van der Waals surface area (Å²) in [5.41, 5.74) is 1.34. The van der Waals surface area contributed by atoms with Gasteiger partial charge in [-0.3, -0.25) is 13.9 Å². The second kappa shape index (κ2) is 15.3. The lowest BCUT2D eigenvalue weighted by Gasteiger charge is -2.34. The number of nitrogens with zero attached hydrogens (tertiary/aromatic N) is 2. The Hall–Kier alpha value is -4.97. The van der Waals surface area contributed by atoms with Gasteiger partial charge in [-0.05, 0) is 65.6 Å². The van der Waals surface area contributed by atoms with Gasteiger partial charge < -0.3 is 19.7 Å². The zero-order chi connectivity index (χ0) is 34.3. The van der Waals surface area contributed by atoms with Crippen LogP contribution in [0.15, 0.2) is 102 Å². The number of carbonyl (C=O) groups is 2. The van der Waals surface area contributed by atoms with Crippen LogP contribution in [-0.2, 0) is 32.6 Å². The number of halogens is 2. The SMILES string of the molecule is CC(C)CNC(=O)[C@@H](Cc1ccccc1)N(Cc1ccc(F)cc1)C(=O)CN(c1ccc(F)cc1)S(=O)(=O)c1ccc2c(c1)OCCO2. The van der Waals surface area contributed by atoms with Crippen LogP contribution in [0, 0.1) is 17.6 Å². The number of fused-ring (bicyclic) bond motifs is 1. The smallest absolute Gasteiger partial charge is 0.264 e. The van der Waals surface area contributed by atoms with E-state index in [0.29, 0.717) is 24.5 Å². The molecule has 0 spiro atoms. The Kier molecular flexibility index (Phi) is 10.9. The Balaban J connectivity index is 1.56. The van der Waals surface area contributed by atoms with E-state index in [0.717, 1.165) is 22.0 Å². The third kappa shape index (κ3) is 8.48. The Morgan fingerprint density at radius 3 is 2.08 bits per heavy atom. The summed E-state index contributed by atoms with van der Waals surface area (Å²) in [5, 5.41) is 2.92. The molecule has 4 aromatic carbocycles. The van der Waals surface area contributed by atoms with Gasteiger partial charge in [0.1, 0.15) is 37.4 Å². The van der Waals surface area contributed by atoms with Crippen molar-refractivity contribution in [3.8, 4) is 11.5 Å². The lowest BCUT2D eigenvalue weighted by atomic mass is 10.0. The molecule has 1 aliphatic rings. The maximum atomic E-state index is 14.5. The van der Waals surface area contributed by atoms with Gasteiger partial charge in [0.2, 0.25) is 11.8 Å². The van der Waals surface area contributed by atoms with E-state index in [9.17, 15) is 26.8 Å². The van der Waals surface area contributed by atoms with Crippen molar-refractivity contribution >= 4 is 27.5 Å². The van der Waals surface area contributed by atoms with E-state index in [4.69, 9.17) is 9.47 Å². The number of benzene rings is 4. The third-order valence-corrected chi connectivity index (χ3v) is 9.49. The van der Waals surface area contributed by atoms with Gasteiger partial charge in [0.25, 0.3) is 10.0 Å². The minimum Gasteiger partial charge on any atom is -0.486 e. The molecule has 12 heteroatoms. The fourth-order valence-electron chi connectivity index (χ4n) is 5.21. The molecule has 0 bridgehead atoms. The third-order valence-electron chi connectivity index (χ3n) is 7.72. The number of carbonyl (C=O) groups excluding carboxylic acids is 2. The van der Waals surface area contributed by atoms with Gasteiger partial charge in [-0.25, -0.2) is 17.2 Å². The summed E-state index contributed by atoms with van der Waals surface area (Å²) in [6.07, 6.45) is 0.128. The number of anilines is 1. The predicted octanol–water partition coefficient (Wildman–Crippen LogP) is 5.34. The van der Waals surface area contributed by atoms with Crippen molar-refractivity contribution in [2.45, 2.75) is 37.8 Å². The van der Waals surface area contributed by atoms with Crippen molar-refractivity contribution < 1.29 is 36.3 Å². The molecule has 1 atom stereocenters. The summed E-state index contributed by atoms with van der Waals surface area (Å²) < 4.78 is 68.4. The van der Waals surface area contributed by atoms with Gasteiger partial charge in [0.05, 0.1) is 10.6 Å². The highest BCUT2D eigenvalue weighted by atomic mass is 32.2. The highest BCUT2D eigenvalue weighted by Crippen LogP contribution is 2.34. The fraction of sp³-hybridized carbons (Fsp3) is 0.278. The van der Waals surface area contributed by atoms with Crippen LogP contribution in [0.25, 0.3) is 0 Å². The van der Waals surface area contributed by atoms with Gasteiger partial charge in [-0.15, -0.1) is 0 Å². The molecule has 5 rings (SSSR count). The summed E-state index contributed by atoms with van der Waals surface area (Å²) >= 11 is 0. The van der Waals surface area contributed by atoms with Crippen LogP contribution in [-0.4, -0.2) is 57.5 Å². The van der Waals surface area contributed by atoms with E-state index >= 15 is 0 Å². The minimum absolute atomic E-state index is 0.0326. The van der Waals surface area contributed by atoms with Crippen molar-refractivity contribution in [2.75, 3.05) is 30.6 Å². The minimum atomic E-state index is -4.46. The number of rotatable bonds is 13. The van der Waals surface area contributed by atoms with Crippen molar-refractivity contribution in [3.05, 3.63) is 120 Å². The van der Waals surface area contributed by atoms with E-state index in [1.165, 1.54) is 59.5 Å². The van der Waals surface area contributed by atoms with Crippen molar-refractivity contribution in [1.82, 2.24) is 10.2 Å². The summed E-state index contributed by atoms with van der Waals surface area (Å²) in [4.78, 5) is 29.5. The zero-order valence-corrected chi connectivity index (χ0v) is 27.5. The van der Waals surface area contributed by atoms with Gasteiger partial charge in [-0.2, -0.15) is 0 Å². The maximum Gasteiger partial charge on any atom is 0.264 e.